The molecular weight excluding hydrogens is 174 g/mol. The number of ether oxygens (including phenoxy) is 1. The predicted molar refractivity (Wildman–Crippen MR) is 62.7 cm³/mol. The minimum Gasteiger partial charge on any atom is -0.382 e. The molecule has 0 rings (SSSR count). The lowest BCUT2D eigenvalue weighted by molar-refractivity contribution is 0.140. The van der Waals surface area contributed by atoms with Crippen LogP contribution in [0.5, 0.6) is 0 Å². The number of hydrogen-bond acceptors (Lipinski definition) is 2. The summed E-state index contributed by atoms with van der Waals surface area (Å²) in [6.45, 7) is 9.45. The number of rotatable bonds is 10. The second kappa shape index (κ2) is 11.0. The van der Waals surface area contributed by atoms with E-state index in [1.165, 1.54) is 32.1 Å². The van der Waals surface area contributed by atoms with Crippen LogP contribution in [-0.4, -0.2) is 25.8 Å². The number of nitrogens with one attached hydrogen (secondary N) is 1. The Labute approximate surface area is 89.4 Å². The summed E-state index contributed by atoms with van der Waals surface area (Å²) in [6.07, 6.45) is 6.25. The summed E-state index contributed by atoms with van der Waals surface area (Å²) >= 11 is 0. The first-order valence-electron chi connectivity index (χ1n) is 6.16. The van der Waals surface area contributed by atoms with Crippen molar-refractivity contribution in [3.05, 3.63) is 0 Å². The van der Waals surface area contributed by atoms with Crippen LogP contribution in [0.1, 0.15) is 52.9 Å². The Balaban J connectivity index is 3.40. The Bertz CT molecular complexity index is 106. The maximum Gasteiger partial charge on any atom is 0.0466 e. The van der Waals surface area contributed by atoms with Crippen molar-refractivity contribution in [3.8, 4) is 0 Å². The first-order chi connectivity index (χ1) is 6.85. The SMILES string of the molecule is CCCNC(CCC)CCCOCC. The van der Waals surface area contributed by atoms with E-state index in [2.05, 4.69) is 26.1 Å². The van der Waals surface area contributed by atoms with Crippen molar-refractivity contribution < 1.29 is 4.74 Å². The summed E-state index contributed by atoms with van der Waals surface area (Å²) in [4.78, 5) is 0. The zero-order valence-corrected chi connectivity index (χ0v) is 10.1. The van der Waals surface area contributed by atoms with Crippen LogP contribution in [0, 0.1) is 0 Å². The Hall–Kier alpha value is -0.0800. The van der Waals surface area contributed by atoms with E-state index in [0.29, 0.717) is 6.04 Å². The van der Waals surface area contributed by atoms with Crippen LogP contribution in [0.15, 0.2) is 0 Å². The standard InChI is InChI=1S/C12H27NO/c1-4-8-12(13-10-5-2)9-7-11-14-6-3/h12-13H,4-11H2,1-3H3. The lowest BCUT2D eigenvalue weighted by Gasteiger charge is -2.17. The highest BCUT2D eigenvalue weighted by Gasteiger charge is 2.05. The van der Waals surface area contributed by atoms with Crippen LogP contribution >= 0.6 is 0 Å². The second-order valence-corrected chi connectivity index (χ2v) is 3.78. The molecule has 1 unspecified atom stereocenters. The molecule has 0 radical (unpaired) electrons. The molecule has 0 aliphatic rings. The van der Waals surface area contributed by atoms with Crippen LogP contribution < -0.4 is 5.32 Å². The van der Waals surface area contributed by atoms with Gasteiger partial charge in [0.1, 0.15) is 0 Å². The normalized spacial score (nSPS) is 13.1. The van der Waals surface area contributed by atoms with E-state index >= 15 is 0 Å². The van der Waals surface area contributed by atoms with Crippen molar-refractivity contribution in [1.82, 2.24) is 5.32 Å². The van der Waals surface area contributed by atoms with Gasteiger partial charge >= 0.3 is 0 Å². The largest absolute Gasteiger partial charge is 0.382 e. The van der Waals surface area contributed by atoms with Crippen LogP contribution in [0.3, 0.4) is 0 Å². The molecule has 14 heavy (non-hydrogen) atoms. The molecule has 0 aromatic carbocycles. The average Bonchev–Trinajstić information content (AvgIpc) is 2.20. The molecule has 0 heterocycles. The van der Waals surface area contributed by atoms with Crippen molar-refractivity contribution in [3.63, 3.8) is 0 Å². The van der Waals surface area contributed by atoms with Crippen LogP contribution in [-0.2, 0) is 4.74 Å². The molecule has 0 aliphatic heterocycles. The highest BCUT2D eigenvalue weighted by Crippen LogP contribution is 2.05. The van der Waals surface area contributed by atoms with Crippen molar-refractivity contribution in [1.29, 1.82) is 0 Å². The molecule has 0 spiro atoms. The zero-order valence-electron chi connectivity index (χ0n) is 10.1. The lowest BCUT2D eigenvalue weighted by Crippen LogP contribution is -2.29. The molecule has 2 nitrogen and oxygen atoms in total. The van der Waals surface area contributed by atoms with Gasteiger partial charge in [-0.1, -0.05) is 20.3 Å². The quantitative estimate of drug-likeness (QED) is 0.549. The molecule has 1 atom stereocenters. The van der Waals surface area contributed by atoms with Gasteiger partial charge in [-0.05, 0) is 39.2 Å². The molecule has 0 bridgehead atoms. The molecule has 2 heteroatoms. The van der Waals surface area contributed by atoms with Crippen LogP contribution in [0.4, 0.5) is 0 Å². The summed E-state index contributed by atoms with van der Waals surface area (Å²) in [6, 6.07) is 0.709. The average molecular weight is 201 g/mol. The molecule has 0 aromatic heterocycles. The van der Waals surface area contributed by atoms with E-state index in [1.807, 2.05) is 0 Å². The molecule has 0 aromatic rings. The minimum absolute atomic E-state index is 0.709. The predicted octanol–water partition coefficient (Wildman–Crippen LogP) is 2.97. The monoisotopic (exact) mass is 201 g/mol. The summed E-state index contributed by atoms with van der Waals surface area (Å²) in [5.74, 6) is 0. The van der Waals surface area contributed by atoms with Crippen LogP contribution in [0.2, 0.25) is 0 Å². The van der Waals surface area contributed by atoms with E-state index in [9.17, 15) is 0 Å². The van der Waals surface area contributed by atoms with Gasteiger partial charge in [-0.2, -0.15) is 0 Å². The lowest BCUT2D eigenvalue weighted by atomic mass is 10.1. The third-order valence-corrected chi connectivity index (χ3v) is 2.37. The van der Waals surface area contributed by atoms with E-state index in [-0.39, 0.29) is 0 Å². The van der Waals surface area contributed by atoms with Gasteiger partial charge in [-0.15, -0.1) is 0 Å². The molecule has 0 amide bonds. The molecule has 1 N–H and O–H groups in total. The molecule has 86 valence electrons. The molecule has 0 aliphatic carbocycles. The topological polar surface area (TPSA) is 21.3 Å². The van der Waals surface area contributed by atoms with Crippen LogP contribution in [0.25, 0.3) is 0 Å². The summed E-state index contributed by atoms with van der Waals surface area (Å²) in [7, 11) is 0. The van der Waals surface area contributed by atoms with Gasteiger partial charge in [-0.3, -0.25) is 0 Å². The summed E-state index contributed by atoms with van der Waals surface area (Å²) in [5, 5.41) is 3.59. The Morgan fingerprint density at radius 1 is 1.07 bits per heavy atom. The van der Waals surface area contributed by atoms with E-state index < -0.39 is 0 Å². The highest BCUT2D eigenvalue weighted by atomic mass is 16.5. The van der Waals surface area contributed by atoms with Crippen molar-refractivity contribution in [2.24, 2.45) is 0 Å². The van der Waals surface area contributed by atoms with Gasteiger partial charge in [-0.25, -0.2) is 0 Å². The maximum atomic E-state index is 5.34. The maximum absolute atomic E-state index is 5.34. The third-order valence-electron chi connectivity index (χ3n) is 2.37. The molecular formula is C12H27NO. The van der Waals surface area contributed by atoms with E-state index in [0.717, 1.165) is 19.8 Å². The smallest absolute Gasteiger partial charge is 0.0466 e. The molecule has 0 saturated carbocycles. The van der Waals surface area contributed by atoms with Gasteiger partial charge in [0.2, 0.25) is 0 Å². The molecule has 0 saturated heterocycles. The van der Waals surface area contributed by atoms with Gasteiger partial charge in [0, 0.05) is 19.3 Å². The Kier molecular flexibility index (Phi) is 10.9. The fourth-order valence-electron chi connectivity index (χ4n) is 1.62. The van der Waals surface area contributed by atoms with Gasteiger partial charge in [0.05, 0.1) is 0 Å². The number of hydrogen-bond donors (Lipinski definition) is 1. The van der Waals surface area contributed by atoms with Crippen molar-refractivity contribution in [2.75, 3.05) is 19.8 Å². The first kappa shape index (κ1) is 13.9. The zero-order chi connectivity index (χ0) is 10.6. The van der Waals surface area contributed by atoms with Gasteiger partial charge < -0.3 is 10.1 Å². The minimum atomic E-state index is 0.709. The second-order valence-electron chi connectivity index (χ2n) is 3.78. The fourth-order valence-corrected chi connectivity index (χ4v) is 1.62. The summed E-state index contributed by atoms with van der Waals surface area (Å²) < 4.78 is 5.34. The summed E-state index contributed by atoms with van der Waals surface area (Å²) in [5.41, 5.74) is 0. The van der Waals surface area contributed by atoms with E-state index in [1.54, 1.807) is 0 Å². The van der Waals surface area contributed by atoms with Gasteiger partial charge in [0.15, 0.2) is 0 Å². The fraction of sp³-hybridized carbons (Fsp3) is 1.00. The Morgan fingerprint density at radius 3 is 2.43 bits per heavy atom. The van der Waals surface area contributed by atoms with Gasteiger partial charge in [0.25, 0.3) is 0 Å². The highest BCUT2D eigenvalue weighted by molar-refractivity contribution is 4.65. The first-order valence-corrected chi connectivity index (χ1v) is 6.16. The Morgan fingerprint density at radius 2 is 1.86 bits per heavy atom. The van der Waals surface area contributed by atoms with E-state index in [4.69, 9.17) is 4.74 Å². The van der Waals surface area contributed by atoms with Crippen molar-refractivity contribution >= 4 is 0 Å². The molecule has 0 fully saturated rings. The third kappa shape index (κ3) is 8.52. The van der Waals surface area contributed by atoms with Crippen molar-refractivity contribution in [2.45, 2.75) is 58.9 Å².